The Balaban J connectivity index is 4.49. The molecule has 3 unspecified atom stereocenters. The van der Waals surface area contributed by atoms with Crippen LogP contribution in [0.25, 0.3) is 0 Å². The maximum Gasteiger partial charge on any atom is 0.306 e. The molecule has 3 N–H and O–H groups in total. The topological polar surface area (TPSA) is 95.9 Å². The molecule has 0 fully saturated rings. The molecule has 0 saturated heterocycles. The number of rotatable bonds is 49. The zero-order valence-electron chi connectivity index (χ0n) is 41.5. The van der Waals surface area contributed by atoms with E-state index in [1.54, 1.807) is 0 Å². The lowest BCUT2D eigenvalue weighted by Crippen LogP contribution is -2.46. The van der Waals surface area contributed by atoms with Gasteiger partial charge in [0, 0.05) is 6.42 Å². The normalized spacial score (nSPS) is 13.4. The highest BCUT2D eigenvalue weighted by molar-refractivity contribution is 5.77. The number of amides is 1. The van der Waals surface area contributed by atoms with Crippen molar-refractivity contribution in [2.45, 2.75) is 302 Å². The third kappa shape index (κ3) is 44.7. The Bertz CT molecular complexity index is 1020. The molecule has 1 amide bonds. The van der Waals surface area contributed by atoms with Crippen LogP contribution in [0.5, 0.6) is 0 Å². The number of nitrogens with one attached hydrogen (secondary N) is 1. The summed E-state index contributed by atoms with van der Waals surface area (Å²) < 4.78 is 5.94. The molecule has 0 aromatic carbocycles. The van der Waals surface area contributed by atoms with Crippen molar-refractivity contribution < 1.29 is 24.5 Å². The lowest BCUT2D eigenvalue weighted by atomic mass is 10.0. The monoisotopic (exact) mass is 872 g/mol. The molecule has 0 radical (unpaired) electrons. The van der Waals surface area contributed by atoms with Crippen LogP contribution >= 0.6 is 0 Å². The molecule has 0 spiro atoms. The van der Waals surface area contributed by atoms with Gasteiger partial charge in [0.2, 0.25) is 5.91 Å². The second-order valence-corrected chi connectivity index (χ2v) is 18.7. The fraction of sp³-hybridized carbons (Fsp3) is 0.857. The van der Waals surface area contributed by atoms with Crippen LogP contribution in [0.1, 0.15) is 284 Å². The van der Waals surface area contributed by atoms with Crippen LogP contribution in [0.15, 0.2) is 36.5 Å². The third-order valence-electron chi connectivity index (χ3n) is 12.5. The van der Waals surface area contributed by atoms with Gasteiger partial charge in [0.25, 0.3) is 0 Å². The number of aliphatic hydroxyl groups is 2. The summed E-state index contributed by atoms with van der Waals surface area (Å²) in [5.41, 5.74) is 0. The second kappa shape index (κ2) is 50.1. The first-order chi connectivity index (χ1) is 30.5. The Morgan fingerprint density at radius 1 is 0.484 bits per heavy atom. The summed E-state index contributed by atoms with van der Waals surface area (Å²) in [6.07, 6.45) is 59.3. The van der Waals surface area contributed by atoms with Gasteiger partial charge in [-0.25, -0.2) is 0 Å². The predicted octanol–water partition coefficient (Wildman–Crippen LogP) is 16.5. The van der Waals surface area contributed by atoms with Crippen molar-refractivity contribution in [3.8, 4) is 0 Å². The third-order valence-corrected chi connectivity index (χ3v) is 12.5. The van der Waals surface area contributed by atoms with E-state index in [2.05, 4.69) is 62.5 Å². The molecule has 6 nitrogen and oxygen atoms in total. The Labute approximate surface area is 385 Å². The Morgan fingerprint density at radius 3 is 1.31 bits per heavy atom. The van der Waals surface area contributed by atoms with Crippen molar-refractivity contribution in [2.24, 2.45) is 0 Å². The van der Waals surface area contributed by atoms with E-state index in [-0.39, 0.29) is 24.9 Å². The SMILES string of the molecule is CC/C=C/C=C/C=C/CCCCCCCC(CC(=O)NC(CO)C(O)CCCCCCCCCCCCC)OC(=O)CCCCCCCCCCCCCCCCCCCCC. The van der Waals surface area contributed by atoms with Crippen LogP contribution in [0.3, 0.4) is 0 Å². The molecule has 0 aromatic heterocycles. The molecule has 0 rings (SSSR count). The summed E-state index contributed by atoms with van der Waals surface area (Å²) in [5.74, 6) is -0.481. The van der Waals surface area contributed by atoms with E-state index in [1.165, 1.54) is 154 Å². The van der Waals surface area contributed by atoms with E-state index < -0.39 is 18.2 Å². The number of aliphatic hydroxyl groups excluding tert-OH is 2. The number of ether oxygens (including phenoxy) is 1. The summed E-state index contributed by atoms with van der Waals surface area (Å²) in [6, 6.07) is -0.705. The number of esters is 1. The average Bonchev–Trinajstić information content (AvgIpc) is 3.26. The Morgan fingerprint density at radius 2 is 0.871 bits per heavy atom. The van der Waals surface area contributed by atoms with Crippen molar-refractivity contribution in [3.05, 3.63) is 36.5 Å². The second-order valence-electron chi connectivity index (χ2n) is 18.7. The van der Waals surface area contributed by atoms with Gasteiger partial charge >= 0.3 is 5.97 Å². The minimum atomic E-state index is -0.790. The van der Waals surface area contributed by atoms with Gasteiger partial charge in [-0.15, -0.1) is 0 Å². The number of unbranched alkanes of at least 4 members (excludes halogenated alkanes) is 33. The molecule has 364 valence electrons. The largest absolute Gasteiger partial charge is 0.462 e. The molecule has 0 bridgehead atoms. The van der Waals surface area contributed by atoms with Crippen molar-refractivity contribution >= 4 is 11.9 Å². The van der Waals surface area contributed by atoms with Crippen LogP contribution in [-0.2, 0) is 14.3 Å². The fourth-order valence-electron chi connectivity index (χ4n) is 8.43. The van der Waals surface area contributed by atoms with E-state index in [4.69, 9.17) is 4.74 Å². The van der Waals surface area contributed by atoms with Gasteiger partial charge in [-0.2, -0.15) is 0 Å². The highest BCUT2D eigenvalue weighted by Crippen LogP contribution is 2.18. The minimum Gasteiger partial charge on any atom is -0.462 e. The van der Waals surface area contributed by atoms with Gasteiger partial charge in [0.1, 0.15) is 6.10 Å². The highest BCUT2D eigenvalue weighted by Gasteiger charge is 2.24. The van der Waals surface area contributed by atoms with Crippen molar-refractivity contribution in [3.63, 3.8) is 0 Å². The first-order valence-electron chi connectivity index (χ1n) is 27.2. The van der Waals surface area contributed by atoms with Crippen molar-refractivity contribution in [1.82, 2.24) is 5.32 Å². The molecular formula is C56H105NO5. The molecule has 0 aliphatic rings. The van der Waals surface area contributed by atoms with E-state index in [0.29, 0.717) is 19.3 Å². The van der Waals surface area contributed by atoms with Crippen molar-refractivity contribution in [2.75, 3.05) is 6.61 Å². The number of hydrogen-bond acceptors (Lipinski definition) is 5. The number of allylic oxidation sites excluding steroid dienone is 6. The van der Waals surface area contributed by atoms with E-state index in [9.17, 15) is 19.8 Å². The quantitative estimate of drug-likeness (QED) is 0.0321. The van der Waals surface area contributed by atoms with Crippen LogP contribution in [-0.4, -0.2) is 46.9 Å². The summed E-state index contributed by atoms with van der Waals surface area (Å²) in [6.45, 7) is 6.36. The molecule has 6 heteroatoms. The predicted molar refractivity (Wildman–Crippen MR) is 269 cm³/mol. The van der Waals surface area contributed by atoms with Crippen LogP contribution < -0.4 is 5.32 Å². The van der Waals surface area contributed by atoms with Gasteiger partial charge in [-0.05, 0) is 44.9 Å². The molecule has 62 heavy (non-hydrogen) atoms. The maximum absolute atomic E-state index is 13.2. The molecule has 3 atom stereocenters. The number of hydrogen-bond donors (Lipinski definition) is 3. The molecule has 0 aromatic rings. The van der Waals surface area contributed by atoms with E-state index >= 15 is 0 Å². The van der Waals surface area contributed by atoms with Crippen molar-refractivity contribution in [1.29, 1.82) is 0 Å². The lowest BCUT2D eigenvalue weighted by molar-refractivity contribution is -0.151. The molecular weight excluding hydrogens is 767 g/mol. The summed E-state index contributed by atoms with van der Waals surface area (Å²) in [5, 5.41) is 23.8. The summed E-state index contributed by atoms with van der Waals surface area (Å²) in [4.78, 5) is 26.2. The molecule has 0 heterocycles. The maximum atomic E-state index is 13.2. The van der Waals surface area contributed by atoms with Crippen LogP contribution in [0, 0.1) is 0 Å². The fourth-order valence-corrected chi connectivity index (χ4v) is 8.43. The standard InChI is InChI=1S/C56H105NO5/c1-4-7-10-13-16-19-22-24-25-26-27-28-29-31-34-37-40-43-46-49-56(61)62-52(47-44-41-38-35-33-30-23-20-17-14-11-8-5-2)50-55(60)57-53(51-58)54(59)48-45-42-39-36-32-21-18-15-12-9-6-3/h8,11,14,17,20,23,52-54,58-59H,4-7,9-10,12-13,15-16,18-19,21-22,24-51H2,1-3H3,(H,57,60)/b11-8+,17-14+,23-20+. The smallest absolute Gasteiger partial charge is 0.306 e. The van der Waals surface area contributed by atoms with Gasteiger partial charge in [0.15, 0.2) is 0 Å². The highest BCUT2D eigenvalue weighted by atomic mass is 16.5. The molecule has 0 saturated carbocycles. The average molecular weight is 872 g/mol. The molecule has 0 aliphatic heterocycles. The minimum absolute atomic E-state index is 0.0678. The zero-order valence-corrected chi connectivity index (χ0v) is 41.5. The molecule has 0 aliphatic carbocycles. The Kier molecular flexibility index (Phi) is 48.5. The number of carbonyl (C=O) groups excluding carboxylic acids is 2. The van der Waals surface area contributed by atoms with Gasteiger partial charge in [-0.3, -0.25) is 9.59 Å². The van der Waals surface area contributed by atoms with E-state index in [0.717, 1.165) is 83.5 Å². The lowest BCUT2D eigenvalue weighted by Gasteiger charge is -2.24. The Hall–Kier alpha value is -1.92. The summed E-state index contributed by atoms with van der Waals surface area (Å²) in [7, 11) is 0. The van der Waals surface area contributed by atoms with Gasteiger partial charge in [-0.1, -0.05) is 263 Å². The first-order valence-corrected chi connectivity index (χ1v) is 27.2. The van der Waals surface area contributed by atoms with Crippen LogP contribution in [0.4, 0.5) is 0 Å². The van der Waals surface area contributed by atoms with Gasteiger partial charge in [0.05, 0.1) is 25.2 Å². The zero-order chi connectivity index (χ0) is 45.2. The first kappa shape index (κ1) is 60.1. The summed E-state index contributed by atoms with van der Waals surface area (Å²) >= 11 is 0. The van der Waals surface area contributed by atoms with Crippen LogP contribution in [0.2, 0.25) is 0 Å². The van der Waals surface area contributed by atoms with Gasteiger partial charge < -0.3 is 20.3 Å². The number of carbonyl (C=O) groups is 2. The van der Waals surface area contributed by atoms with E-state index in [1.807, 2.05) is 0 Å².